The van der Waals surface area contributed by atoms with Crippen molar-refractivity contribution < 1.29 is 14.4 Å². The summed E-state index contributed by atoms with van der Waals surface area (Å²) in [5, 5.41) is 0. The van der Waals surface area contributed by atoms with Gasteiger partial charge in [0, 0.05) is 25.3 Å². The van der Waals surface area contributed by atoms with E-state index in [1.807, 2.05) is 19.1 Å². The number of likely N-dealkylation sites (tertiary alicyclic amines) is 1. The number of ketones is 1. The van der Waals surface area contributed by atoms with Gasteiger partial charge in [0.25, 0.3) is 0 Å². The molecule has 1 saturated heterocycles. The predicted molar refractivity (Wildman–Crippen MR) is 131 cm³/mol. The van der Waals surface area contributed by atoms with Gasteiger partial charge in [-0.15, -0.1) is 5.48 Å². The average Bonchev–Trinajstić information content (AvgIpc) is 2.82. The van der Waals surface area contributed by atoms with E-state index in [0.29, 0.717) is 12.2 Å². The number of nitrogens with one attached hydrogen (secondary N) is 1. The smallest absolute Gasteiger partial charge is 0.338 e. The number of hydrogen-bond acceptors (Lipinski definition) is 6. The first-order valence-corrected chi connectivity index (χ1v) is 11.9. The van der Waals surface area contributed by atoms with E-state index in [9.17, 15) is 9.59 Å². The fraction of sp³-hybridized carbons (Fsp3) is 0.385. The van der Waals surface area contributed by atoms with Gasteiger partial charge < -0.3 is 4.84 Å². The number of hydrogen-bond donors (Lipinski definition) is 2. The van der Waals surface area contributed by atoms with Gasteiger partial charge in [-0.1, -0.05) is 73.2 Å². The van der Waals surface area contributed by atoms with Crippen molar-refractivity contribution in [2.75, 3.05) is 25.4 Å². The van der Waals surface area contributed by atoms with E-state index in [2.05, 4.69) is 71.5 Å². The zero-order chi connectivity index (χ0) is 22.8. The Hall–Kier alpha value is -2.41. The Morgan fingerprint density at radius 1 is 1.00 bits per heavy atom. The van der Waals surface area contributed by atoms with Crippen LogP contribution >= 0.6 is 12.6 Å². The van der Waals surface area contributed by atoms with Gasteiger partial charge in [-0.2, -0.15) is 12.6 Å². The maximum atomic E-state index is 12.3. The number of hydroxylamine groups is 1. The number of rotatable bonds is 10. The second kappa shape index (κ2) is 12.6. The van der Waals surface area contributed by atoms with Crippen LogP contribution in [-0.4, -0.2) is 48.1 Å². The molecule has 5 nitrogen and oxygen atoms in total. The van der Waals surface area contributed by atoms with Crippen LogP contribution in [0.3, 0.4) is 0 Å². The average molecular weight is 453 g/mol. The van der Waals surface area contributed by atoms with Crippen molar-refractivity contribution in [2.24, 2.45) is 0 Å². The van der Waals surface area contributed by atoms with Crippen molar-refractivity contribution >= 4 is 30.0 Å². The SMILES string of the molecule is CCCC(=O)C(CS)NOC(=O)CN1CCC(=C(c2ccccc2)c2ccccc2)CC1. The van der Waals surface area contributed by atoms with Crippen LogP contribution in [0.25, 0.3) is 5.57 Å². The largest absolute Gasteiger partial charge is 0.369 e. The topological polar surface area (TPSA) is 58.6 Å². The summed E-state index contributed by atoms with van der Waals surface area (Å²) in [6.07, 6.45) is 3.00. The van der Waals surface area contributed by atoms with E-state index in [1.54, 1.807) is 0 Å². The summed E-state index contributed by atoms with van der Waals surface area (Å²) in [4.78, 5) is 31.6. The molecular formula is C26H32N2O3S. The van der Waals surface area contributed by atoms with Crippen LogP contribution in [0.4, 0.5) is 0 Å². The molecule has 3 rings (SSSR count). The standard InChI is InChI=1S/C26H32N2O3S/c1-2-9-24(29)23(19-32)27-31-25(30)18-28-16-14-22(15-17-28)26(20-10-5-3-6-11-20)21-12-7-4-8-13-21/h3-8,10-13,23,27,32H,2,9,14-19H2,1H3. The van der Waals surface area contributed by atoms with Crippen LogP contribution in [0.15, 0.2) is 66.2 Å². The van der Waals surface area contributed by atoms with Crippen LogP contribution in [-0.2, 0) is 14.4 Å². The minimum absolute atomic E-state index is 0.0115. The normalized spacial score (nSPS) is 15.2. The highest BCUT2D eigenvalue weighted by Gasteiger charge is 2.22. The van der Waals surface area contributed by atoms with Crippen LogP contribution in [0.1, 0.15) is 43.7 Å². The molecule has 6 heteroatoms. The maximum absolute atomic E-state index is 12.3. The second-order valence-corrected chi connectivity index (χ2v) is 8.40. The molecule has 0 saturated carbocycles. The first kappa shape index (κ1) is 24.2. The molecule has 1 heterocycles. The second-order valence-electron chi connectivity index (χ2n) is 8.03. The molecule has 0 radical (unpaired) electrons. The van der Waals surface area contributed by atoms with E-state index in [4.69, 9.17) is 4.84 Å². The monoisotopic (exact) mass is 452 g/mol. The number of thiol groups is 1. The molecule has 0 bridgehead atoms. The van der Waals surface area contributed by atoms with Gasteiger partial charge in [-0.25, -0.2) is 4.79 Å². The molecule has 2 aromatic rings. The van der Waals surface area contributed by atoms with Crippen LogP contribution in [0.5, 0.6) is 0 Å². The minimum Gasteiger partial charge on any atom is -0.369 e. The Morgan fingerprint density at radius 2 is 1.56 bits per heavy atom. The molecule has 0 spiro atoms. The lowest BCUT2D eigenvalue weighted by Gasteiger charge is -2.29. The number of nitrogens with zero attached hydrogens (tertiary/aromatic N) is 1. The molecule has 0 aromatic heterocycles. The molecule has 1 aliphatic heterocycles. The number of carbonyl (C=O) groups is 2. The highest BCUT2D eigenvalue weighted by atomic mass is 32.1. The number of piperidine rings is 1. The van der Waals surface area contributed by atoms with E-state index in [0.717, 1.165) is 32.4 Å². The van der Waals surface area contributed by atoms with E-state index in [1.165, 1.54) is 22.3 Å². The number of benzene rings is 2. The van der Waals surface area contributed by atoms with E-state index < -0.39 is 6.04 Å². The zero-order valence-corrected chi connectivity index (χ0v) is 19.5. The highest BCUT2D eigenvalue weighted by Crippen LogP contribution is 2.32. The Balaban J connectivity index is 1.60. The van der Waals surface area contributed by atoms with Crippen molar-refractivity contribution in [1.82, 2.24) is 10.4 Å². The summed E-state index contributed by atoms with van der Waals surface area (Å²) in [7, 11) is 0. The summed E-state index contributed by atoms with van der Waals surface area (Å²) in [6.45, 7) is 3.73. The molecule has 1 unspecified atom stereocenters. The lowest BCUT2D eigenvalue weighted by molar-refractivity contribution is -0.155. The summed E-state index contributed by atoms with van der Waals surface area (Å²) in [5.41, 5.74) is 7.75. The summed E-state index contributed by atoms with van der Waals surface area (Å²) >= 11 is 4.18. The quantitative estimate of drug-likeness (QED) is 0.416. The van der Waals surface area contributed by atoms with Gasteiger partial charge in [0.1, 0.15) is 6.04 Å². The first-order chi connectivity index (χ1) is 15.6. The molecular weight excluding hydrogens is 420 g/mol. The van der Waals surface area contributed by atoms with Gasteiger partial charge in [-0.05, 0) is 36.0 Å². The van der Waals surface area contributed by atoms with Gasteiger partial charge in [-0.3, -0.25) is 9.69 Å². The molecule has 1 fully saturated rings. The van der Waals surface area contributed by atoms with E-state index >= 15 is 0 Å². The lowest BCUT2D eigenvalue weighted by atomic mass is 9.88. The number of Topliss-reactive ketones (excluding diaryl/α,β-unsaturated/α-hetero) is 1. The third kappa shape index (κ3) is 6.79. The lowest BCUT2D eigenvalue weighted by Crippen LogP contribution is -2.43. The van der Waals surface area contributed by atoms with Crippen molar-refractivity contribution in [3.05, 3.63) is 77.4 Å². The Labute approximate surface area is 196 Å². The van der Waals surface area contributed by atoms with Gasteiger partial charge in [0.15, 0.2) is 5.78 Å². The minimum atomic E-state index is -0.558. The van der Waals surface area contributed by atoms with Crippen LogP contribution < -0.4 is 5.48 Å². The molecule has 1 aliphatic rings. The van der Waals surface area contributed by atoms with Crippen molar-refractivity contribution in [2.45, 2.75) is 38.6 Å². The molecule has 0 amide bonds. The third-order valence-corrected chi connectivity index (χ3v) is 6.04. The first-order valence-electron chi connectivity index (χ1n) is 11.3. The third-order valence-electron chi connectivity index (χ3n) is 5.67. The van der Waals surface area contributed by atoms with Crippen LogP contribution in [0.2, 0.25) is 0 Å². The molecule has 32 heavy (non-hydrogen) atoms. The molecule has 1 atom stereocenters. The van der Waals surface area contributed by atoms with Crippen molar-refractivity contribution in [1.29, 1.82) is 0 Å². The summed E-state index contributed by atoms with van der Waals surface area (Å²) < 4.78 is 0. The van der Waals surface area contributed by atoms with Gasteiger partial charge in [0.2, 0.25) is 0 Å². The van der Waals surface area contributed by atoms with Gasteiger partial charge >= 0.3 is 5.97 Å². The van der Waals surface area contributed by atoms with Crippen LogP contribution in [0, 0.1) is 0 Å². The van der Waals surface area contributed by atoms with Gasteiger partial charge in [0.05, 0.1) is 6.54 Å². The summed E-state index contributed by atoms with van der Waals surface area (Å²) in [5.74, 6) is -0.0663. The Bertz CT molecular complexity index is 864. The Kier molecular flexibility index (Phi) is 9.53. The molecule has 2 aromatic carbocycles. The fourth-order valence-corrected chi connectivity index (χ4v) is 4.27. The molecule has 1 N–H and O–H groups in total. The Morgan fingerprint density at radius 3 is 2.06 bits per heavy atom. The molecule has 170 valence electrons. The summed E-state index contributed by atoms with van der Waals surface area (Å²) in [6, 6.07) is 20.4. The van der Waals surface area contributed by atoms with E-state index in [-0.39, 0.29) is 18.3 Å². The fourth-order valence-electron chi connectivity index (χ4n) is 3.99. The molecule has 0 aliphatic carbocycles. The van der Waals surface area contributed by atoms with Crippen molar-refractivity contribution in [3.8, 4) is 0 Å². The highest BCUT2D eigenvalue weighted by molar-refractivity contribution is 7.80. The number of carbonyl (C=O) groups excluding carboxylic acids is 2. The maximum Gasteiger partial charge on any atom is 0.338 e. The van der Waals surface area contributed by atoms with Crippen molar-refractivity contribution in [3.63, 3.8) is 0 Å². The predicted octanol–water partition coefficient (Wildman–Crippen LogP) is 4.30. The zero-order valence-electron chi connectivity index (χ0n) is 18.6.